The molecule has 0 N–H and O–H groups in total. The molecule has 0 radical (unpaired) electrons. The molecule has 0 amide bonds. The zero-order valence-electron chi connectivity index (χ0n) is 34.4. The average Bonchev–Trinajstić information content (AvgIpc) is 3.82. The Morgan fingerprint density at radius 2 is 0.935 bits per heavy atom. The maximum absolute atomic E-state index is 6.57. The predicted octanol–water partition coefficient (Wildman–Crippen LogP) is 15.8. The molecule has 62 heavy (non-hydrogen) atoms. The van der Waals surface area contributed by atoms with Crippen LogP contribution in [0.3, 0.4) is 0 Å². The lowest BCUT2D eigenvalue weighted by Gasteiger charge is -2.22. The highest BCUT2D eigenvalue weighted by Crippen LogP contribution is 2.51. The van der Waals surface area contributed by atoms with Crippen LogP contribution in [0.2, 0.25) is 0 Å². The van der Waals surface area contributed by atoms with Gasteiger partial charge in [-0.3, -0.25) is 0 Å². The summed E-state index contributed by atoms with van der Waals surface area (Å²) in [5.41, 5.74) is 18.4. The molecule has 1 aliphatic carbocycles. The first-order valence-corrected chi connectivity index (χ1v) is 21.3. The first-order valence-electron chi connectivity index (χ1n) is 21.3. The number of hydrogen-bond donors (Lipinski definition) is 0. The van der Waals surface area contributed by atoms with Gasteiger partial charge in [-0.25, -0.2) is 9.97 Å². The van der Waals surface area contributed by atoms with Crippen LogP contribution in [0.5, 0.6) is 0 Å². The van der Waals surface area contributed by atoms with E-state index in [-0.39, 0.29) is 5.41 Å². The third-order valence-electron chi connectivity index (χ3n) is 12.8. The summed E-state index contributed by atoms with van der Waals surface area (Å²) in [4.78, 5) is 10.6. The minimum atomic E-state index is -0.0868. The maximum atomic E-state index is 6.57. The van der Waals surface area contributed by atoms with Gasteiger partial charge in [-0.2, -0.15) is 0 Å². The van der Waals surface area contributed by atoms with Gasteiger partial charge >= 0.3 is 0 Å². The molecule has 9 aromatic carbocycles. The number of benzene rings is 9. The smallest absolute Gasteiger partial charge is 0.160 e. The lowest BCUT2D eigenvalue weighted by Crippen LogP contribution is -2.14. The summed E-state index contributed by atoms with van der Waals surface area (Å²) < 4.78 is 6.57. The second-order valence-corrected chi connectivity index (χ2v) is 17.0. The second kappa shape index (κ2) is 14.1. The Kier molecular flexibility index (Phi) is 8.20. The number of para-hydroxylation sites is 2. The fourth-order valence-electron chi connectivity index (χ4n) is 9.64. The van der Waals surface area contributed by atoms with E-state index in [1.165, 1.54) is 38.6 Å². The van der Waals surface area contributed by atoms with Crippen molar-refractivity contribution in [3.63, 3.8) is 0 Å². The van der Waals surface area contributed by atoms with Gasteiger partial charge in [0, 0.05) is 38.4 Å². The lowest BCUT2D eigenvalue weighted by molar-refractivity contribution is 0.661. The van der Waals surface area contributed by atoms with Crippen molar-refractivity contribution >= 4 is 32.7 Å². The van der Waals surface area contributed by atoms with Crippen molar-refractivity contribution in [1.29, 1.82) is 0 Å². The Balaban J connectivity index is 1.01. The molecule has 0 aliphatic heterocycles. The summed E-state index contributed by atoms with van der Waals surface area (Å²) in [6.45, 7) is 4.70. The molecule has 0 saturated carbocycles. The molecule has 292 valence electrons. The molecule has 0 saturated heterocycles. The van der Waals surface area contributed by atoms with Crippen molar-refractivity contribution in [2.75, 3.05) is 0 Å². The van der Waals surface area contributed by atoms with E-state index in [4.69, 9.17) is 14.4 Å². The van der Waals surface area contributed by atoms with Crippen molar-refractivity contribution in [2.24, 2.45) is 0 Å². The van der Waals surface area contributed by atoms with Gasteiger partial charge in [0.25, 0.3) is 0 Å². The van der Waals surface area contributed by atoms with E-state index >= 15 is 0 Å². The highest BCUT2D eigenvalue weighted by molar-refractivity contribution is 6.10. The topological polar surface area (TPSA) is 38.9 Å². The SMILES string of the molecule is CC1(C)c2ccc(-c3cccc(-c4cc(-c5cc(-c6ccccc6)cc(-c6cccc7c6oc6ccccc67)c5)nc(-c5ccccc5)n4)c3)cc2-c2cc3ccccc3cc21. The van der Waals surface area contributed by atoms with E-state index in [1.54, 1.807) is 0 Å². The summed E-state index contributed by atoms with van der Waals surface area (Å²) in [5.74, 6) is 0.679. The van der Waals surface area contributed by atoms with Crippen molar-refractivity contribution < 1.29 is 4.42 Å². The molecule has 1 aliphatic rings. The minimum absolute atomic E-state index is 0.0868. The van der Waals surface area contributed by atoms with E-state index in [2.05, 4.69) is 190 Å². The second-order valence-electron chi connectivity index (χ2n) is 17.0. The molecule has 0 fully saturated rings. The van der Waals surface area contributed by atoms with E-state index in [1.807, 2.05) is 30.3 Å². The van der Waals surface area contributed by atoms with Crippen molar-refractivity contribution in [2.45, 2.75) is 19.3 Å². The molecular weight excluding hydrogens is 753 g/mol. The molecule has 11 aromatic rings. The monoisotopic (exact) mass is 792 g/mol. The van der Waals surface area contributed by atoms with Gasteiger partial charge in [0.1, 0.15) is 11.2 Å². The van der Waals surface area contributed by atoms with Gasteiger partial charge in [0.2, 0.25) is 0 Å². The normalized spacial score (nSPS) is 12.8. The number of nitrogens with zero attached hydrogens (tertiary/aromatic N) is 2. The Hall–Kier alpha value is -7.88. The predicted molar refractivity (Wildman–Crippen MR) is 257 cm³/mol. The summed E-state index contributed by atoms with van der Waals surface area (Å²) in [5, 5.41) is 4.76. The van der Waals surface area contributed by atoms with Gasteiger partial charge in [-0.15, -0.1) is 0 Å². The number of furan rings is 1. The average molecular weight is 793 g/mol. The van der Waals surface area contributed by atoms with Gasteiger partial charge < -0.3 is 4.42 Å². The minimum Gasteiger partial charge on any atom is -0.455 e. The fraction of sp³-hybridized carbons (Fsp3) is 0.0508. The van der Waals surface area contributed by atoms with E-state index in [0.29, 0.717) is 5.82 Å². The van der Waals surface area contributed by atoms with Crippen LogP contribution in [0.25, 0.3) is 111 Å². The van der Waals surface area contributed by atoms with Crippen molar-refractivity contribution in [3.05, 3.63) is 217 Å². The summed E-state index contributed by atoms with van der Waals surface area (Å²) in [6.07, 6.45) is 0. The van der Waals surface area contributed by atoms with Crippen LogP contribution in [0.4, 0.5) is 0 Å². The van der Waals surface area contributed by atoms with Gasteiger partial charge in [0.15, 0.2) is 5.82 Å². The van der Waals surface area contributed by atoms with Crippen LogP contribution >= 0.6 is 0 Å². The molecule has 2 aromatic heterocycles. The number of fused-ring (bicyclic) bond motifs is 7. The van der Waals surface area contributed by atoms with E-state index in [9.17, 15) is 0 Å². The Bertz CT molecular complexity index is 3540. The zero-order valence-corrected chi connectivity index (χ0v) is 34.4. The Labute approximate surface area is 360 Å². The highest BCUT2D eigenvalue weighted by Gasteiger charge is 2.36. The molecule has 3 heteroatoms. The zero-order chi connectivity index (χ0) is 41.4. The Morgan fingerprint density at radius 1 is 0.355 bits per heavy atom. The largest absolute Gasteiger partial charge is 0.455 e. The van der Waals surface area contributed by atoms with Gasteiger partial charge in [0.05, 0.1) is 11.4 Å². The highest BCUT2D eigenvalue weighted by atomic mass is 16.3. The van der Waals surface area contributed by atoms with Crippen LogP contribution in [0.15, 0.2) is 211 Å². The number of hydrogen-bond acceptors (Lipinski definition) is 3. The van der Waals surface area contributed by atoms with Crippen LogP contribution < -0.4 is 0 Å². The molecule has 0 atom stereocenters. The molecule has 3 nitrogen and oxygen atoms in total. The third-order valence-corrected chi connectivity index (χ3v) is 12.8. The standard InChI is InChI=1S/C59H40N2O/c1-59(2)52-28-27-42(34-50(52)51-33-40-19-9-10-20-41(40)35-53(51)59)39-21-13-22-43(29-39)54-36-55(61-58(60-54)38-17-7-4-8-18-38)46-31-44(37-15-5-3-6-16-37)30-45(32-46)47-24-14-25-49-48-23-11-12-26-56(48)62-57(47)49/h3-36H,1-2H3. The lowest BCUT2D eigenvalue weighted by atomic mass is 9.81. The van der Waals surface area contributed by atoms with Crippen LogP contribution in [-0.4, -0.2) is 9.97 Å². The van der Waals surface area contributed by atoms with Crippen LogP contribution in [-0.2, 0) is 5.41 Å². The molecule has 0 bridgehead atoms. The van der Waals surface area contributed by atoms with E-state index in [0.717, 1.165) is 77.8 Å². The quantitative estimate of drug-likeness (QED) is 0.168. The third kappa shape index (κ3) is 5.96. The fourth-order valence-corrected chi connectivity index (χ4v) is 9.64. The first-order chi connectivity index (χ1) is 30.4. The van der Waals surface area contributed by atoms with Crippen molar-refractivity contribution in [1.82, 2.24) is 9.97 Å². The summed E-state index contributed by atoms with van der Waals surface area (Å²) in [6, 6.07) is 73.7. The molecular formula is C59H40N2O. The summed E-state index contributed by atoms with van der Waals surface area (Å²) in [7, 11) is 0. The van der Waals surface area contributed by atoms with E-state index < -0.39 is 0 Å². The number of rotatable bonds is 6. The number of aromatic nitrogens is 2. The Morgan fingerprint density at radius 3 is 1.76 bits per heavy atom. The molecule has 0 unspecified atom stereocenters. The van der Waals surface area contributed by atoms with Gasteiger partial charge in [-0.05, 0) is 115 Å². The molecule has 2 heterocycles. The molecule has 12 rings (SSSR count). The molecule has 0 spiro atoms. The first kappa shape index (κ1) is 36.0. The van der Waals surface area contributed by atoms with Crippen LogP contribution in [0.1, 0.15) is 25.0 Å². The van der Waals surface area contributed by atoms with Crippen LogP contribution in [0, 0.1) is 0 Å². The van der Waals surface area contributed by atoms with Crippen molar-refractivity contribution in [3.8, 4) is 78.4 Å². The van der Waals surface area contributed by atoms with Gasteiger partial charge in [-0.1, -0.05) is 166 Å². The maximum Gasteiger partial charge on any atom is 0.160 e. The summed E-state index contributed by atoms with van der Waals surface area (Å²) >= 11 is 0.